The highest BCUT2D eigenvalue weighted by molar-refractivity contribution is 5.94. The molecule has 0 fully saturated rings. The van der Waals surface area contributed by atoms with Crippen molar-refractivity contribution < 1.29 is 9.59 Å². The van der Waals surface area contributed by atoms with E-state index in [0.717, 1.165) is 23.4 Å². The Morgan fingerprint density at radius 1 is 1.20 bits per heavy atom. The number of aryl methyl sites for hydroxylation is 1. The largest absolute Gasteiger partial charge is 0.333 e. The molecule has 0 unspecified atom stereocenters. The van der Waals surface area contributed by atoms with Gasteiger partial charge in [0.2, 0.25) is 11.8 Å². The van der Waals surface area contributed by atoms with Gasteiger partial charge in [-0.1, -0.05) is 59.7 Å². The zero-order valence-electron chi connectivity index (χ0n) is 19.5. The SMILES string of the molecule is CCCN(CC(=O)Nc1cc(C(C)(C)C)nn1-c1ccccc1C)C(=O)CC(C)C. The first-order valence-corrected chi connectivity index (χ1v) is 10.8. The summed E-state index contributed by atoms with van der Waals surface area (Å²) in [5.74, 6) is 0.685. The molecule has 0 saturated carbocycles. The van der Waals surface area contributed by atoms with Crippen molar-refractivity contribution in [3.63, 3.8) is 0 Å². The number of anilines is 1. The van der Waals surface area contributed by atoms with Crippen LogP contribution in [-0.4, -0.2) is 39.6 Å². The fourth-order valence-electron chi connectivity index (χ4n) is 3.22. The highest BCUT2D eigenvalue weighted by Crippen LogP contribution is 2.27. The van der Waals surface area contributed by atoms with Crippen molar-refractivity contribution in [2.75, 3.05) is 18.4 Å². The average molecular weight is 413 g/mol. The Bertz CT molecular complexity index is 878. The minimum atomic E-state index is -0.212. The molecule has 0 spiro atoms. The van der Waals surface area contributed by atoms with Gasteiger partial charge in [0.25, 0.3) is 0 Å². The Balaban J connectivity index is 2.30. The van der Waals surface area contributed by atoms with E-state index < -0.39 is 0 Å². The van der Waals surface area contributed by atoms with Crippen LogP contribution in [-0.2, 0) is 15.0 Å². The molecular formula is C24H36N4O2. The van der Waals surface area contributed by atoms with Crippen molar-refractivity contribution in [2.24, 2.45) is 5.92 Å². The molecule has 0 atom stereocenters. The van der Waals surface area contributed by atoms with Gasteiger partial charge in [-0.2, -0.15) is 5.10 Å². The molecule has 164 valence electrons. The Morgan fingerprint density at radius 3 is 2.43 bits per heavy atom. The van der Waals surface area contributed by atoms with Gasteiger partial charge >= 0.3 is 0 Å². The second-order valence-corrected chi connectivity index (χ2v) is 9.32. The van der Waals surface area contributed by atoms with E-state index in [1.54, 1.807) is 9.58 Å². The number of rotatable bonds is 8. The summed E-state index contributed by atoms with van der Waals surface area (Å²) in [6, 6.07) is 9.87. The van der Waals surface area contributed by atoms with E-state index in [1.165, 1.54) is 0 Å². The normalized spacial score (nSPS) is 11.6. The van der Waals surface area contributed by atoms with Crippen LogP contribution in [0.5, 0.6) is 0 Å². The van der Waals surface area contributed by atoms with Crippen LogP contribution in [0.4, 0.5) is 5.82 Å². The molecule has 0 aliphatic heterocycles. The lowest BCUT2D eigenvalue weighted by Gasteiger charge is -2.22. The van der Waals surface area contributed by atoms with Gasteiger partial charge < -0.3 is 10.2 Å². The molecule has 1 aromatic heterocycles. The van der Waals surface area contributed by atoms with Crippen LogP contribution in [0.2, 0.25) is 0 Å². The number of hydrogen-bond donors (Lipinski definition) is 1. The third-order valence-corrected chi connectivity index (χ3v) is 4.85. The van der Waals surface area contributed by atoms with Crippen LogP contribution in [0.3, 0.4) is 0 Å². The van der Waals surface area contributed by atoms with Crippen LogP contribution in [0.25, 0.3) is 5.69 Å². The summed E-state index contributed by atoms with van der Waals surface area (Å²) in [6.07, 6.45) is 1.26. The molecule has 1 N–H and O–H groups in total. The number of nitrogens with one attached hydrogen (secondary N) is 1. The monoisotopic (exact) mass is 412 g/mol. The number of carbonyl (C=O) groups excluding carboxylic acids is 2. The first kappa shape index (κ1) is 23.6. The van der Waals surface area contributed by atoms with Crippen molar-refractivity contribution in [3.8, 4) is 5.69 Å². The zero-order valence-corrected chi connectivity index (χ0v) is 19.5. The van der Waals surface area contributed by atoms with E-state index in [2.05, 4.69) is 26.1 Å². The predicted molar refractivity (Wildman–Crippen MR) is 122 cm³/mol. The van der Waals surface area contributed by atoms with E-state index >= 15 is 0 Å². The summed E-state index contributed by atoms with van der Waals surface area (Å²) in [5.41, 5.74) is 2.72. The molecule has 6 heteroatoms. The van der Waals surface area contributed by atoms with E-state index in [1.807, 2.05) is 58.0 Å². The highest BCUT2D eigenvalue weighted by atomic mass is 16.2. The number of aromatic nitrogens is 2. The van der Waals surface area contributed by atoms with Crippen molar-refractivity contribution in [2.45, 2.75) is 66.7 Å². The summed E-state index contributed by atoms with van der Waals surface area (Å²) < 4.78 is 1.79. The lowest BCUT2D eigenvalue weighted by molar-refractivity contribution is -0.135. The van der Waals surface area contributed by atoms with Gasteiger partial charge in [-0.3, -0.25) is 9.59 Å². The van der Waals surface area contributed by atoms with Gasteiger partial charge in [0, 0.05) is 24.4 Å². The molecule has 2 aromatic rings. The van der Waals surface area contributed by atoms with Crippen molar-refractivity contribution in [1.82, 2.24) is 14.7 Å². The minimum absolute atomic E-state index is 0.0183. The first-order chi connectivity index (χ1) is 14.0. The van der Waals surface area contributed by atoms with E-state index in [4.69, 9.17) is 5.10 Å². The van der Waals surface area contributed by atoms with Gasteiger partial charge in [0.15, 0.2) is 0 Å². The van der Waals surface area contributed by atoms with Gasteiger partial charge in [-0.15, -0.1) is 0 Å². The summed E-state index contributed by atoms with van der Waals surface area (Å²) in [4.78, 5) is 27.0. The Labute approximate surface area is 180 Å². The molecule has 2 rings (SSSR count). The topological polar surface area (TPSA) is 67.2 Å². The lowest BCUT2D eigenvalue weighted by Crippen LogP contribution is -2.39. The molecule has 6 nitrogen and oxygen atoms in total. The maximum Gasteiger partial charge on any atom is 0.245 e. The van der Waals surface area contributed by atoms with Gasteiger partial charge in [0.05, 0.1) is 17.9 Å². The summed E-state index contributed by atoms with van der Waals surface area (Å²) in [6.45, 7) is 15.0. The predicted octanol–water partition coefficient (Wildman–Crippen LogP) is 4.70. The first-order valence-electron chi connectivity index (χ1n) is 10.8. The fourth-order valence-corrected chi connectivity index (χ4v) is 3.22. The third-order valence-electron chi connectivity index (χ3n) is 4.85. The van der Waals surface area contributed by atoms with Gasteiger partial charge in [-0.25, -0.2) is 4.68 Å². The molecule has 1 heterocycles. The molecular weight excluding hydrogens is 376 g/mol. The van der Waals surface area contributed by atoms with Crippen LogP contribution in [0.1, 0.15) is 65.6 Å². The van der Waals surface area contributed by atoms with Gasteiger partial charge in [-0.05, 0) is 30.9 Å². The molecule has 0 aliphatic rings. The van der Waals surface area contributed by atoms with Crippen LogP contribution in [0, 0.1) is 12.8 Å². The van der Waals surface area contributed by atoms with Crippen LogP contribution < -0.4 is 5.32 Å². The van der Waals surface area contributed by atoms with E-state index in [0.29, 0.717) is 18.8 Å². The lowest BCUT2D eigenvalue weighted by atomic mass is 9.92. The number of hydrogen-bond acceptors (Lipinski definition) is 3. The van der Waals surface area contributed by atoms with Crippen LogP contribution in [0.15, 0.2) is 30.3 Å². The summed E-state index contributed by atoms with van der Waals surface area (Å²) >= 11 is 0. The van der Waals surface area contributed by atoms with Crippen molar-refractivity contribution in [3.05, 3.63) is 41.6 Å². The fraction of sp³-hybridized carbons (Fsp3) is 0.542. The molecule has 0 aliphatic carbocycles. The number of para-hydroxylation sites is 1. The smallest absolute Gasteiger partial charge is 0.245 e. The summed E-state index contributed by atoms with van der Waals surface area (Å²) in [7, 11) is 0. The molecule has 1 aromatic carbocycles. The summed E-state index contributed by atoms with van der Waals surface area (Å²) in [5, 5.41) is 7.77. The maximum atomic E-state index is 12.9. The van der Waals surface area contributed by atoms with Crippen LogP contribution >= 0.6 is 0 Å². The van der Waals surface area contributed by atoms with Crippen molar-refractivity contribution in [1.29, 1.82) is 0 Å². The Kier molecular flexibility index (Phi) is 7.82. The molecule has 2 amide bonds. The molecule has 0 bridgehead atoms. The Morgan fingerprint density at radius 2 is 1.87 bits per heavy atom. The molecule has 0 radical (unpaired) electrons. The standard InChI is InChI=1S/C24H36N4O2/c1-8-13-27(23(30)14-17(2)3)16-22(29)25-21-15-20(24(5,6)7)26-28(21)19-12-10-9-11-18(19)4/h9-12,15,17H,8,13-14,16H2,1-7H3,(H,25,29). The van der Waals surface area contributed by atoms with E-state index in [-0.39, 0.29) is 29.7 Å². The second-order valence-electron chi connectivity index (χ2n) is 9.32. The minimum Gasteiger partial charge on any atom is -0.333 e. The average Bonchev–Trinajstić information content (AvgIpc) is 3.05. The maximum absolute atomic E-state index is 12.9. The highest BCUT2D eigenvalue weighted by Gasteiger charge is 2.23. The second kappa shape index (κ2) is 9.92. The zero-order chi connectivity index (χ0) is 22.5. The third kappa shape index (κ3) is 6.18. The quantitative estimate of drug-likeness (QED) is 0.683. The van der Waals surface area contributed by atoms with Gasteiger partial charge in [0.1, 0.15) is 5.82 Å². The number of amides is 2. The molecule has 0 saturated heterocycles. The number of benzene rings is 1. The number of nitrogens with zero attached hydrogens (tertiary/aromatic N) is 3. The molecule has 30 heavy (non-hydrogen) atoms. The Hall–Kier alpha value is -2.63. The van der Waals surface area contributed by atoms with E-state index in [9.17, 15) is 9.59 Å². The van der Waals surface area contributed by atoms with Crippen molar-refractivity contribution >= 4 is 17.6 Å². The number of carbonyl (C=O) groups is 2.